The van der Waals surface area contributed by atoms with Gasteiger partial charge in [-0.3, -0.25) is 9.59 Å². The molecule has 0 amide bonds. The van der Waals surface area contributed by atoms with Gasteiger partial charge in [-0.25, -0.2) is 0 Å². The molecule has 6 unspecified atom stereocenters. The van der Waals surface area contributed by atoms with Crippen LogP contribution in [0, 0.1) is 23.7 Å². The summed E-state index contributed by atoms with van der Waals surface area (Å²) in [7, 11) is 5.17. The number of carbonyl (C=O) groups excluding carboxylic acids is 2. The van der Waals surface area contributed by atoms with Crippen molar-refractivity contribution in [2.75, 3.05) is 21.2 Å². The Morgan fingerprint density at radius 3 is 2.00 bits per heavy atom. The summed E-state index contributed by atoms with van der Waals surface area (Å²) in [5, 5.41) is 57.2. The quantitative estimate of drug-likeness (QED) is 0.247. The van der Waals surface area contributed by atoms with E-state index in [2.05, 4.69) is 0 Å². The number of ether oxygens (including phenoxy) is 6. The van der Waals surface area contributed by atoms with Gasteiger partial charge >= 0.3 is 5.97 Å². The second-order valence-corrected chi connectivity index (χ2v) is 16.2. The maximum absolute atomic E-state index is 13.9. The summed E-state index contributed by atoms with van der Waals surface area (Å²) in [5.41, 5.74) is -4.85. The fourth-order valence-corrected chi connectivity index (χ4v) is 8.00. The number of aliphatic hydroxyl groups is 5. The molecule has 14 heteroatoms. The highest BCUT2D eigenvalue weighted by Gasteiger charge is 2.53. The summed E-state index contributed by atoms with van der Waals surface area (Å²) in [6, 6.07) is -0.323. The lowest BCUT2D eigenvalue weighted by Crippen LogP contribution is -2.61. The zero-order valence-corrected chi connectivity index (χ0v) is 32.2. The smallest absolute Gasteiger partial charge is 0.311 e. The van der Waals surface area contributed by atoms with Gasteiger partial charge in [0.2, 0.25) is 0 Å². The normalized spacial score (nSPS) is 50.5. The highest BCUT2D eigenvalue weighted by molar-refractivity contribution is 5.83. The van der Waals surface area contributed by atoms with Gasteiger partial charge in [0.05, 0.1) is 47.6 Å². The lowest BCUT2D eigenvalue weighted by Gasteiger charge is -2.49. The van der Waals surface area contributed by atoms with Crippen molar-refractivity contribution in [3.63, 3.8) is 0 Å². The van der Waals surface area contributed by atoms with Crippen LogP contribution < -0.4 is 0 Å². The van der Waals surface area contributed by atoms with Crippen LogP contribution in [0.15, 0.2) is 0 Å². The third-order valence-electron chi connectivity index (χ3n) is 11.7. The Hall–Kier alpha value is -1.30. The average Bonchev–Trinajstić information content (AvgIpc) is 3.03. The standard InChI is InChI=1S/C36H65NO13/c1-17-15-34(8,43)31(50-33-27(39)24(37(11)12)14-18(2)46-33)20(4)28(49-25-16-35(9,45-13)30(41)22(6)47-25)21(5)32(42)48-23(7)36(10,44)29(40)19(3)26(17)38/h17-25,27-31,33,39-41,43-44H,14-16H2,1-13H3/t17-,18?,19+,20+,21-,22?,23-,24?,25+,27?,28+,29-,30+,31?,33+,34-,35?,36-/m1/s1. The molecule has 0 aromatic rings. The van der Waals surface area contributed by atoms with Crippen molar-refractivity contribution in [3.8, 4) is 0 Å². The van der Waals surface area contributed by atoms with Gasteiger partial charge in [0.25, 0.3) is 0 Å². The molecule has 0 aliphatic carbocycles. The van der Waals surface area contributed by atoms with Crippen molar-refractivity contribution in [3.05, 3.63) is 0 Å². The van der Waals surface area contributed by atoms with Gasteiger partial charge in [0.1, 0.15) is 29.7 Å². The van der Waals surface area contributed by atoms with E-state index in [4.69, 9.17) is 28.4 Å². The number of likely N-dealkylation sites (N-methyl/N-ethyl adjacent to an activating group) is 1. The Labute approximate surface area is 297 Å². The first kappa shape index (κ1) is 43.1. The molecule has 3 rings (SSSR count). The molecule has 3 saturated heterocycles. The maximum Gasteiger partial charge on any atom is 0.311 e. The molecule has 50 heavy (non-hydrogen) atoms. The third kappa shape index (κ3) is 9.07. The number of carbonyl (C=O) groups is 2. The Morgan fingerprint density at radius 1 is 0.840 bits per heavy atom. The number of methoxy groups -OCH3 is 1. The number of cyclic esters (lactones) is 1. The van der Waals surface area contributed by atoms with Gasteiger partial charge in [-0.1, -0.05) is 20.8 Å². The van der Waals surface area contributed by atoms with Crippen molar-refractivity contribution in [1.29, 1.82) is 0 Å². The van der Waals surface area contributed by atoms with Gasteiger partial charge in [0.15, 0.2) is 12.6 Å². The summed E-state index contributed by atoms with van der Waals surface area (Å²) in [6.07, 6.45) is -9.90. The van der Waals surface area contributed by atoms with Crippen LogP contribution in [-0.4, -0.2) is 148 Å². The predicted molar refractivity (Wildman–Crippen MR) is 182 cm³/mol. The minimum Gasteiger partial charge on any atom is -0.459 e. The minimum absolute atomic E-state index is 0.0924. The summed E-state index contributed by atoms with van der Waals surface area (Å²) < 4.78 is 36.8. The van der Waals surface area contributed by atoms with Gasteiger partial charge in [-0.05, 0) is 75.4 Å². The highest BCUT2D eigenvalue weighted by atomic mass is 16.7. The predicted octanol–water partition coefficient (Wildman–Crippen LogP) is 1.40. The van der Waals surface area contributed by atoms with Crippen LogP contribution in [0.1, 0.15) is 88.5 Å². The molecule has 3 heterocycles. The molecular formula is C36H65NO13. The van der Waals surface area contributed by atoms with Crippen LogP contribution in [0.4, 0.5) is 0 Å². The zero-order valence-electron chi connectivity index (χ0n) is 32.2. The molecule has 0 spiro atoms. The lowest BCUT2D eigenvalue weighted by atomic mass is 9.74. The molecule has 0 radical (unpaired) electrons. The van der Waals surface area contributed by atoms with E-state index in [1.165, 1.54) is 34.8 Å². The van der Waals surface area contributed by atoms with Crippen LogP contribution in [0.25, 0.3) is 0 Å². The van der Waals surface area contributed by atoms with Crippen LogP contribution in [0.5, 0.6) is 0 Å². The number of esters is 1. The first-order valence-electron chi connectivity index (χ1n) is 18.0. The molecule has 0 saturated carbocycles. The first-order chi connectivity index (χ1) is 22.9. The average molecular weight is 720 g/mol. The lowest BCUT2D eigenvalue weighted by molar-refractivity contribution is -0.318. The van der Waals surface area contributed by atoms with Crippen molar-refractivity contribution < 1.29 is 63.5 Å². The van der Waals surface area contributed by atoms with E-state index in [0.717, 1.165) is 0 Å². The van der Waals surface area contributed by atoms with E-state index in [9.17, 15) is 35.1 Å². The molecule has 292 valence electrons. The molecule has 5 N–H and O–H groups in total. The van der Waals surface area contributed by atoms with E-state index in [0.29, 0.717) is 6.42 Å². The van der Waals surface area contributed by atoms with E-state index < -0.39 is 108 Å². The van der Waals surface area contributed by atoms with E-state index in [-0.39, 0.29) is 25.0 Å². The van der Waals surface area contributed by atoms with Crippen molar-refractivity contribution in [2.45, 2.75) is 173 Å². The van der Waals surface area contributed by atoms with E-state index in [1.807, 2.05) is 25.9 Å². The molecule has 0 aromatic carbocycles. The monoisotopic (exact) mass is 719 g/mol. The van der Waals surface area contributed by atoms with Crippen LogP contribution >= 0.6 is 0 Å². The van der Waals surface area contributed by atoms with Crippen molar-refractivity contribution >= 4 is 11.8 Å². The van der Waals surface area contributed by atoms with Gasteiger partial charge < -0.3 is 58.9 Å². The van der Waals surface area contributed by atoms with E-state index in [1.54, 1.807) is 34.6 Å². The molecule has 3 aliphatic rings. The van der Waals surface area contributed by atoms with E-state index >= 15 is 0 Å². The Bertz CT molecular complexity index is 1150. The largest absolute Gasteiger partial charge is 0.459 e. The maximum atomic E-state index is 13.9. The van der Waals surface area contributed by atoms with Gasteiger partial charge in [-0.2, -0.15) is 0 Å². The zero-order chi connectivity index (χ0) is 38.3. The number of rotatable bonds is 6. The van der Waals surface area contributed by atoms with Crippen LogP contribution in [0.2, 0.25) is 0 Å². The Kier molecular flexibility index (Phi) is 14.1. The first-order valence-corrected chi connectivity index (χ1v) is 18.0. The van der Waals surface area contributed by atoms with Gasteiger partial charge in [0, 0.05) is 37.3 Å². The number of aliphatic hydroxyl groups excluding tert-OH is 3. The fourth-order valence-electron chi connectivity index (χ4n) is 8.00. The summed E-state index contributed by atoms with van der Waals surface area (Å²) >= 11 is 0. The molecular weight excluding hydrogens is 654 g/mol. The number of nitrogens with zero attached hydrogens (tertiary/aromatic N) is 1. The molecule has 0 aromatic heterocycles. The molecule has 0 bridgehead atoms. The van der Waals surface area contributed by atoms with Crippen molar-refractivity contribution in [1.82, 2.24) is 4.90 Å². The Morgan fingerprint density at radius 2 is 1.44 bits per heavy atom. The van der Waals surface area contributed by atoms with Crippen molar-refractivity contribution in [2.24, 2.45) is 23.7 Å². The second-order valence-electron chi connectivity index (χ2n) is 16.2. The van der Waals surface area contributed by atoms with Gasteiger partial charge in [-0.15, -0.1) is 0 Å². The number of hydrogen-bond acceptors (Lipinski definition) is 14. The molecule has 3 aliphatic heterocycles. The molecule has 14 nitrogen and oxygen atoms in total. The SMILES string of the molecule is COC1(C)C[C@H](O[C@H]2[C@H](C)C(O[C@@H]3OC(C)CC(N(C)C)C3O)[C@](C)(O)C[C@@H](C)C(=O)[C@H](C)[C@@H](O)[C@](C)(O)[C@@H](C)OC(=O)[C@@H]2C)OC(C)[C@@H]1O. The fraction of sp³-hybridized carbons (Fsp3) is 0.944. The number of ketones is 1. The third-order valence-corrected chi connectivity index (χ3v) is 11.7. The number of hydrogen-bond donors (Lipinski definition) is 5. The minimum atomic E-state index is -2.00. The topological polar surface area (TPSA) is 194 Å². The van der Waals surface area contributed by atoms with Crippen LogP contribution in [-0.2, 0) is 38.0 Å². The summed E-state index contributed by atoms with van der Waals surface area (Å²) in [4.78, 5) is 29.5. The number of Topliss-reactive ketones (excluding diaryl/α,β-unsaturated/α-hetero) is 1. The summed E-state index contributed by atoms with van der Waals surface area (Å²) in [5.74, 6) is -5.00. The highest BCUT2D eigenvalue weighted by Crippen LogP contribution is 2.40. The summed E-state index contributed by atoms with van der Waals surface area (Å²) in [6.45, 7) is 16.0. The van der Waals surface area contributed by atoms with Crippen LogP contribution in [0.3, 0.4) is 0 Å². The molecule has 18 atom stereocenters. The molecule has 3 fully saturated rings. The second kappa shape index (κ2) is 16.4. The Balaban J connectivity index is 2.16.